The first-order chi connectivity index (χ1) is 16.9. The Balaban J connectivity index is 1.21. The molecular formula is C24H23BrFN5O3S. The third-order valence-electron chi connectivity index (χ3n) is 5.63. The van der Waals surface area contributed by atoms with E-state index in [-0.39, 0.29) is 23.6 Å². The molecule has 0 bridgehead atoms. The van der Waals surface area contributed by atoms with Gasteiger partial charge < -0.3 is 15.5 Å². The summed E-state index contributed by atoms with van der Waals surface area (Å²) in [6.45, 7) is 1.24. The summed E-state index contributed by atoms with van der Waals surface area (Å²) >= 11 is 4.61. The van der Waals surface area contributed by atoms with Crippen molar-refractivity contribution in [1.82, 2.24) is 20.4 Å². The minimum Gasteiger partial charge on any atom is -0.352 e. The van der Waals surface area contributed by atoms with Gasteiger partial charge in [-0.15, -0.1) is 10.2 Å². The van der Waals surface area contributed by atoms with Gasteiger partial charge in [-0.25, -0.2) is 4.39 Å². The number of anilines is 1. The predicted molar refractivity (Wildman–Crippen MR) is 134 cm³/mol. The second-order valence-corrected chi connectivity index (χ2v) is 10.1. The molecule has 35 heavy (non-hydrogen) atoms. The number of aromatic nitrogens is 2. The lowest BCUT2D eigenvalue weighted by Gasteiger charge is -2.31. The summed E-state index contributed by atoms with van der Waals surface area (Å²) in [7, 11) is 0. The van der Waals surface area contributed by atoms with Crippen LogP contribution in [0.5, 0.6) is 0 Å². The van der Waals surface area contributed by atoms with Crippen LogP contribution >= 0.6 is 27.3 Å². The van der Waals surface area contributed by atoms with E-state index in [1.165, 1.54) is 29.5 Å². The Morgan fingerprint density at radius 2 is 1.80 bits per heavy atom. The van der Waals surface area contributed by atoms with Crippen LogP contribution in [0.4, 0.5) is 9.52 Å². The molecule has 2 heterocycles. The molecule has 0 unspecified atom stereocenters. The van der Waals surface area contributed by atoms with Crippen LogP contribution in [0.25, 0.3) is 0 Å². The van der Waals surface area contributed by atoms with Gasteiger partial charge in [-0.1, -0.05) is 39.4 Å². The SMILES string of the molecule is O=C(NCCc1nnc(NC(=O)C2CCN(C(=O)c3cccc(F)c3)CC2)s1)c1cccc(Br)c1. The van der Waals surface area contributed by atoms with Gasteiger partial charge in [0.25, 0.3) is 11.8 Å². The van der Waals surface area contributed by atoms with Crippen molar-refractivity contribution < 1.29 is 18.8 Å². The fourth-order valence-electron chi connectivity index (χ4n) is 3.78. The molecule has 11 heteroatoms. The molecule has 8 nitrogen and oxygen atoms in total. The molecule has 1 fully saturated rings. The quantitative estimate of drug-likeness (QED) is 0.456. The summed E-state index contributed by atoms with van der Waals surface area (Å²) in [5, 5.41) is 14.9. The number of piperidine rings is 1. The van der Waals surface area contributed by atoms with Gasteiger partial charge in [0.15, 0.2) is 0 Å². The fourth-order valence-corrected chi connectivity index (χ4v) is 4.92. The average molecular weight is 560 g/mol. The van der Waals surface area contributed by atoms with Crippen LogP contribution in [-0.2, 0) is 11.2 Å². The summed E-state index contributed by atoms with van der Waals surface area (Å²) in [5.74, 6) is -1.26. The van der Waals surface area contributed by atoms with Gasteiger partial charge in [0.1, 0.15) is 10.8 Å². The van der Waals surface area contributed by atoms with E-state index in [1.54, 1.807) is 29.2 Å². The highest BCUT2D eigenvalue weighted by Crippen LogP contribution is 2.23. The van der Waals surface area contributed by atoms with E-state index in [1.807, 2.05) is 6.07 Å². The zero-order valence-electron chi connectivity index (χ0n) is 18.7. The summed E-state index contributed by atoms with van der Waals surface area (Å²) in [6, 6.07) is 12.7. The van der Waals surface area contributed by atoms with E-state index < -0.39 is 5.82 Å². The minimum atomic E-state index is -0.451. The number of rotatable bonds is 7. The lowest BCUT2D eigenvalue weighted by molar-refractivity contribution is -0.121. The smallest absolute Gasteiger partial charge is 0.253 e. The summed E-state index contributed by atoms with van der Waals surface area (Å²) in [6.07, 6.45) is 1.52. The molecule has 1 aliphatic rings. The number of benzene rings is 2. The predicted octanol–water partition coefficient (Wildman–Crippen LogP) is 3.90. The Hall–Kier alpha value is -3.18. The first-order valence-corrected chi connectivity index (χ1v) is 12.7. The van der Waals surface area contributed by atoms with Crippen LogP contribution in [0.3, 0.4) is 0 Å². The molecule has 1 aliphatic heterocycles. The standard InChI is InChI=1S/C24H23BrFN5O3S/c25-18-5-1-3-16(13-18)21(32)27-10-7-20-29-30-24(35-20)28-22(33)15-8-11-31(12-9-15)23(34)17-4-2-6-19(26)14-17/h1-6,13-15H,7-12H2,(H,27,32)(H,28,30,33). The van der Waals surface area contributed by atoms with E-state index in [0.717, 1.165) is 4.47 Å². The summed E-state index contributed by atoms with van der Waals surface area (Å²) < 4.78 is 14.2. The van der Waals surface area contributed by atoms with Crippen molar-refractivity contribution in [3.05, 3.63) is 75.0 Å². The Morgan fingerprint density at radius 3 is 2.54 bits per heavy atom. The molecule has 0 radical (unpaired) electrons. The van der Waals surface area contributed by atoms with Crippen LogP contribution in [0.15, 0.2) is 53.0 Å². The van der Waals surface area contributed by atoms with Gasteiger partial charge in [0.05, 0.1) is 0 Å². The van der Waals surface area contributed by atoms with E-state index >= 15 is 0 Å². The van der Waals surface area contributed by atoms with Gasteiger partial charge in [-0.3, -0.25) is 14.4 Å². The number of carbonyl (C=O) groups excluding carboxylic acids is 3. The first kappa shape index (κ1) is 24.9. The number of halogens is 2. The van der Waals surface area contributed by atoms with Crippen molar-refractivity contribution in [1.29, 1.82) is 0 Å². The molecule has 0 saturated carbocycles. The van der Waals surface area contributed by atoms with Crippen molar-refractivity contribution in [2.45, 2.75) is 19.3 Å². The maximum Gasteiger partial charge on any atom is 0.253 e. The van der Waals surface area contributed by atoms with Crippen molar-refractivity contribution in [2.75, 3.05) is 25.0 Å². The van der Waals surface area contributed by atoms with Crippen LogP contribution in [-0.4, -0.2) is 52.5 Å². The summed E-state index contributed by atoms with van der Waals surface area (Å²) in [4.78, 5) is 39.1. The zero-order chi connectivity index (χ0) is 24.8. The van der Waals surface area contributed by atoms with Gasteiger partial charge in [-0.05, 0) is 49.2 Å². The Labute approximate surface area is 214 Å². The average Bonchev–Trinajstić information content (AvgIpc) is 3.30. The summed E-state index contributed by atoms with van der Waals surface area (Å²) in [5.41, 5.74) is 0.871. The van der Waals surface area contributed by atoms with Gasteiger partial charge in [-0.2, -0.15) is 0 Å². The lowest BCUT2D eigenvalue weighted by Crippen LogP contribution is -2.41. The molecule has 1 aromatic heterocycles. The highest BCUT2D eigenvalue weighted by atomic mass is 79.9. The molecule has 4 rings (SSSR count). The molecule has 0 atom stereocenters. The van der Waals surface area contributed by atoms with Gasteiger partial charge in [0, 0.05) is 47.6 Å². The maximum absolute atomic E-state index is 13.4. The molecule has 182 valence electrons. The Morgan fingerprint density at radius 1 is 1.06 bits per heavy atom. The third-order valence-corrected chi connectivity index (χ3v) is 7.02. The molecule has 3 aromatic rings. The van der Waals surface area contributed by atoms with Crippen molar-refractivity contribution in [2.24, 2.45) is 5.92 Å². The molecule has 0 spiro atoms. The molecular weight excluding hydrogens is 537 g/mol. The Kier molecular flexibility index (Phi) is 8.19. The Bertz CT molecular complexity index is 1230. The number of carbonyl (C=O) groups is 3. The highest BCUT2D eigenvalue weighted by molar-refractivity contribution is 9.10. The zero-order valence-corrected chi connectivity index (χ0v) is 21.1. The van der Waals surface area contributed by atoms with E-state index in [0.29, 0.717) is 60.2 Å². The highest BCUT2D eigenvalue weighted by Gasteiger charge is 2.28. The monoisotopic (exact) mass is 559 g/mol. The molecule has 1 saturated heterocycles. The maximum atomic E-state index is 13.4. The number of hydrogen-bond donors (Lipinski definition) is 2. The number of hydrogen-bond acceptors (Lipinski definition) is 6. The fraction of sp³-hybridized carbons (Fsp3) is 0.292. The van der Waals surface area contributed by atoms with Crippen molar-refractivity contribution in [3.8, 4) is 0 Å². The normalized spacial score (nSPS) is 13.9. The molecule has 2 N–H and O–H groups in total. The minimum absolute atomic E-state index is 0.159. The van der Waals surface area contributed by atoms with E-state index in [9.17, 15) is 18.8 Å². The van der Waals surface area contributed by atoms with Gasteiger partial charge >= 0.3 is 0 Å². The second-order valence-electron chi connectivity index (χ2n) is 8.08. The van der Waals surface area contributed by atoms with Crippen LogP contribution in [0.1, 0.15) is 38.6 Å². The molecule has 2 aromatic carbocycles. The van der Waals surface area contributed by atoms with Crippen molar-refractivity contribution >= 4 is 50.1 Å². The largest absolute Gasteiger partial charge is 0.352 e. The molecule has 0 aliphatic carbocycles. The number of likely N-dealkylation sites (tertiary alicyclic amines) is 1. The molecule has 3 amide bonds. The topological polar surface area (TPSA) is 104 Å². The van der Waals surface area contributed by atoms with E-state index in [2.05, 4.69) is 36.8 Å². The van der Waals surface area contributed by atoms with Crippen LogP contribution in [0.2, 0.25) is 0 Å². The van der Waals surface area contributed by atoms with Crippen LogP contribution < -0.4 is 10.6 Å². The second kappa shape index (κ2) is 11.5. The van der Waals surface area contributed by atoms with E-state index in [4.69, 9.17) is 0 Å². The number of nitrogens with one attached hydrogen (secondary N) is 2. The third kappa shape index (κ3) is 6.70. The first-order valence-electron chi connectivity index (χ1n) is 11.1. The van der Waals surface area contributed by atoms with Crippen molar-refractivity contribution in [3.63, 3.8) is 0 Å². The number of nitrogens with zero attached hydrogens (tertiary/aromatic N) is 3. The lowest BCUT2D eigenvalue weighted by atomic mass is 9.95. The van der Waals surface area contributed by atoms with Crippen LogP contribution in [0, 0.1) is 11.7 Å². The van der Waals surface area contributed by atoms with Gasteiger partial charge in [0.2, 0.25) is 11.0 Å². The number of amides is 3.